The van der Waals surface area contributed by atoms with Crippen molar-refractivity contribution < 1.29 is 19.0 Å². The van der Waals surface area contributed by atoms with E-state index in [1.165, 1.54) is 38.7 Å². The molecule has 2 aromatic carbocycles. The molecule has 0 atom stereocenters. The van der Waals surface area contributed by atoms with Crippen molar-refractivity contribution >= 4 is 40.7 Å². The smallest absolute Gasteiger partial charge is 0.249 e. The Morgan fingerprint density at radius 3 is 2.37 bits per heavy atom. The van der Waals surface area contributed by atoms with Gasteiger partial charge in [0.15, 0.2) is 11.5 Å². The van der Waals surface area contributed by atoms with E-state index in [1.54, 1.807) is 29.0 Å². The number of nitrogens with one attached hydrogen (secondary N) is 1. The molecular formula is C25H23ClN4O4S. The summed E-state index contributed by atoms with van der Waals surface area (Å²) in [6, 6.07) is 12.8. The fourth-order valence-corrected chi connectivity index (χ4v) is 4.31. The largest absolute Gasteiger partial charge is 0.493 e. The topological polar surface area (TPSA) is 87.5 Å². The molecule has 0 radical (unpaired) electrons. The Balaban J connectivity index is 1.54. The van der Waals surface area contributed by atoms with Gasteiger partial charge in [-0.1, -0.05) is 23.7 Å². The number of thiazole rings is 1. The second-order valence-corrected chi connectivity index (χ2v) is 8.66. The number of carbonyl (C=O) groups is 1. The van der Waals surface area contributed by atoms with Gasteiger partial charge >= 0.3 is 0 Å². The van der Waals surface area contributed by atoms with Gasteiger partial charge in [-0.25, -0.2) is 4.98 Å². The molecule has 35 heavy (non-hydrogen) atoms. The first kappa shape index (κ1) is 24.3. The number of methoxy groups -OCH3 is 3. The molecule has 0 unspecified atom stereocenters. The predicted molar refractivity (Wildman–Crippen MR) is 138 cm³/mol. The third-order valence-corrected chi connectivity index (χ3v) is 6.08. The minimum absolute atomic E-state index is 0.325. The van der Waals surface area contributed by atoms with E-state index < -0.39 is 0 Å². The molecule has 2 aromatic heterocycles. The predicted octanol–water partition coefficient (Wildman–Crippen LogP) is 5.64. The quantitative estimate of drug-likeness (QED) is 0.309. The molecule has 4 rings (SSSR count). The summed E-state index contributed by atoms with van der Waals surface area (Å²) in [4.78, 5) is 17.4. The van der Waals surface area contributed by atoms with Gasteiger partial charge in [0.05, 0.1) is 32.7 Å². The van der Waals surface area contributed by atoms with Crippen molar-refractivity contribution in [1.82, 2.24) is 14.8 Å². The van der Waals surface area contributed by atoms with Crippen molar-refractivity contribution in [2.45, 2.75) is 6.92 Å². The van der Waals surface area contributed by atoms with Crippen LogP contribution in [0.2, 0.25) is 5.02 Å². The van der Waals surface area contributed by atoms with Crippen LogP contribution in [-0.2, 0) is 4.79 Å². The van der Waals surface area contributed by atoms with E-state index in [4.69, 9.17) is 25.8 Å². The van der Waals surface area contributed by atoms with Gasteiger partial charge in [-0.05, 0) is 42.8 Å². The molecule has 2 heterocycles. The van der Waals surface area contributed by atoms with Crippen LogP contribution in [0.1, 0.15) is 11.3 Å². The van der Waals surface area contributed by atoms with Gasteiger partial charge in [-0.3, -0.25) is 4.79 Å². The number of halogens is 1. The summed E-state index contributed by atoms with van der Waals surface area (Å²) in [5.74, 6) is 1.67. The minimum atomic E-state index is -0.325. The lowest BCUT2D eigenvalue weighted by Crippen LogP contribution is -2.12. The van der Waals surface area contributed by atoms with Crippen LogP contribution >= 0.6 is 22.9 Å². The molecule has 0 saturated heterocycles. The molecule has 4 aromatic rings. The van der Waals surface area contributed by atoms with Crippen molar-refractivity contribution in [3.63, 3.8) is 0 Å². The molecule has 8 nitrogen and oxygen atoms in total. The zero-order chi connectivity index (χ0) is 24.9. The number of benzene rings is 2. The Bertz CT molecular complexity index is 1350. The lowest BCUT2D eigenvalue weighted by Gasteiger charge is -2.12. The average molecular weight is 511 g/mol. The first-order valence-corrected chi connectivity index (χ1v) is 11.7. The fraction of sp³-hybridized carbons (Fsp3) is 0.160. The molecule has 0 aliphatic carbocycles. The van der Waals surface area contributed by atoms with Crippen LogP contribution in [0.4, 0.5) is 5.82 Å². The Morgan fingerprint density at radius 2 is 1.74 bits per heavy atom. The third kappa shape index (κ3) is 5.47. The van der Waals surface area contributed by atoms with Gasteiger partial charge in [0.1, 0.15) is 5.82 Å². The number of anilines is 1. The fourth-order valence-electron chi connectivity index (χ4n) is 3.39. The average Bonchev–Trinajstić information content (AvgIpc) is 3.49. The maximum Gasteiger partial charge on any atom is 0.249 e. The summed E-state index contributed by atoms with van der Waals surface area (Å²) in [6.07, 6.45) is 3.09. The number of aromatic nitrogens is 3. The number of hydrogen-bond donors (Lipinski definition) is 1. The molecule has 10 heteroatoms. The maximum atomic E-state index is 12.7. The number of rotatable bonds is 8. The van der Waals surface area contributed by atoms with E-state index in [2.05, 4.69) is 15.4 Å². The van der Waals surface area contributed by atoms with Crippen LogP contribution in [0.15, 0.2) is 53.9 Å². The monoisotopic (exact) mass is 510 g/mol. The Kier molecular flexibility index (Phi) is 7.38. The summed E-state index contributed by atoms with van der Waals surface area (Å²) >= 11 is 7.41. The Labute approximate surface area is 211 Å². The summed E-state index contributed by atoms with van der Waals surface area (Å²) in [7, 11) is 4.62. The van der Waals surface area contributed by atoms with Crippen molar-refractivity contribution in [3.05, 3.63) is 70.2 Å². The van der Waals surface area contributed by atoms with Gasteiger partial charge in [0.25, 0.3) is 0 Å². The van der Waals surface area contributed by atoms with Crippen LogP contribution in [0.25, 0.3) is 22.5 Å². The standard InChI is InChI=1S/C25H23ClN4O4S/c1-15-11-22(30(29-15)25-27-19(14-35-25)17-6-8-18(26)9-7-17)28-23(31)10-5-16-12-20(32-2)24(34-4)21(13-16)33-3/h5-14H,1-4H3,(H,28,31)/b10-5+. The number of hydrogen-bond acceptors (Lipinski definition) is 7. The normalized spacial score (nSPS) is 11.0. The lowest BCUT2D eigenvalue weighted by atomic mass is 10.1. The molecule has 0 bridgehead atoms. The van der Waals surface area contributed by atoms with E-state index in [1.807, 2.05) is 36.6 Å². The number of aryl methyl sites for hydroxylation is 1. The highest BCUT2D eigenvalue weighted by Crippen LogP contribution is 2.38. The Hall–Kier alpha value is -3.82. The molecule has 0 fully saturated rings. The van der Waals surface area contributed by atoms with Crippen LogP contribution in [0, 0.1) is 6.92 Å². The first-order valence-electron chi connectivity index (χ1n) is 10.5. The van der Waals surface area contributed by atoms with E-state index in [-0.39, 0.29) is 5.91 Å². The minimum Gasteiger partial charge on any atom is -0.493 e. The van der Waals surface area contributed by atoms with Crippen LogP contribution in [0.3, 0.4) is 0 Å². The lowest BCUT2D eigenvalue weighted by molar-refractivity contribution is -0.111. The molecule has 180 valence electrons. The Morgan fingerprint density at radius 1 is 1.06 bits per heavy atom. The highest BCUT2D eigenvalue weighted by Gasteiger charge is 2.15. The molecule has 1 N–H and O–H groups in total. The molecule has 0 aliphatic heterocycles. The summed E-state index contributed by atoms with van der Waals surface area (Å²) in [5, 5.41) is 10.6. The van der Waals surface area contributed by atoms with Crippen molar-refractivity contribution in [2.75, 3.05) is 26.6 Å². The summed E-state index contributed by atoms with van der Waals surface area (Å²) in [5.41, 5.74) is 3.21. The second kappa shape index (κ2) is 10.6. The van der Waals surface area contributed by atoms with Crippen LogP contribution < -0.4 is 19.5 Å². The van der Waals surface area contributed by atoms with Gasteiger partial charge in [0, 0.05) is 28.1 Å². The van der Waals surface area contributed by atoms with Gasteiger partial charge < -0.3 is 19.5 Å². The summed E-state index contributed by atoms with van der Waals surface area (Å²) < 4.78 is 17.7. The highest BCUT2D eigenvalue weighted by molar-refractivity contribution is 7.12. The number of carbonyl (C=O) groups excluding carboxylic acids is 1. The zero-order valence-electron chi connectivity index (χ0n) is 19.5. The third-order valence-electron chi connectivity index (χ3n) is 5.01. The second-order valence-electron chi connectivity index (χ2n) is 7.39. The molecule has 1 amide bonds. The highest BCUT2D eigenvalue weighted by atomic mass is 35.5. The number of ether oxygens (including phenoxy) is 3. The SMILES string of the molecule is COc1cc(/C=C/C(=O)Nc2cc(C)nn2-c2nc(-c3ccc(Cl)cc3)cs2)cc(OC)c1OC. The summed E-state index contributed by atoms with van der Waals surface area (Å²) in [6.45, 7) is 1.85. The van der Waals surface area contributed by atoms with Gasteiger partial charge in [-0.2, -0.15) is 9.78 Å². The molecule has 0 aliphatic rings. The first-order chi connectivity index (χ1) is 16.9. The van der Waals surface area contributed by atoms with Gasteiger partial charge in [-0.15, -0.1) is 11.3 Å². The van der Waals surface area contributed by atoms with Gasteiger partial charge in [0.2, 0.25) is 16.8 Å². The van der Waals surface area contributed by atoms with Crippen LogP contribution in [0.5, 0.6) is 17.2 Å². The van der Waals surface area contributed by atoms with Crippen molar-refractivity contribution in [2.24, 2.45) is 0 Å². The van der Waals surface area contributed by atoms with Crippen molar-refractivity contribution in [3.8, 4) is 33.6 Å². The maximum absolute atomic E-state index is 12.7. The van der Waals surface area contributed by atoms with Crippen LogP contribution in [-0.4, -0.2) is 42.0 Å². The molecule has 0 spiro atoms. The molecular weight excluding hydrogens is 488 g/mol. The van der Waals surface area contributed by atoms with Crippen molar-refractivity contribution in [1.29, 1.82) is 0 Å². The zero-order valence-corrected chi connectivity index (χ0v) is 21.1. The number of amides is 1. The van der Waals surface area contributed by atoms with E-state index in [0.717, 1.165) is 17.0 Å². The van der Waals surface area contributed by atoms with E-state index >= 15 is 0 Å². The van der Waals surface area contributed by atoms with E-state index in [0.29, 0.717) is 38.8 Å². The number of nitrogens with zero attached hydrogens (tertiary/aromatic N) is 3. The molecule has 0 saturated carbocycles. The van der Waals surface area contributed by atoms with E-state index in [9.17, 15) is 4.79 Å².